The summed E-state index contributed by atoms with van der Waals surface area (Å²) >= 11 is 5.18. The summed E-state index contributed by atoms with van der Waals surface area (Å²) in [6.45, 7) is 1.93. The van der Waals surface area contributed by atoms with Crippen molar-refractivity contribution in [3.63, 3.8) is 0 Å². The highest BCUT2D eigenvalue weighted by atomic mass is 32.1. The van der Waals surface area contributed by atoms with Gasteiger partial charge in [-0.3, -0.25) is 0 Å². The largest absolute Gasteiger partial charge is 0.495 e. The van der Waals surface area contributed by atoms with Gasteiger partial charge in [0, 0.05) is 5.69 Å². The summed E-state index contributed by atoms with van der Waals surface area (Å²) in [5.41, 5.74) is 1.45. The Kier molecular flexibility index (Phi) is 5.10. The predicted molar refractivity (Wildman–Crippen MR) is 89.0 cm³/mol. The molecule has 0 aliphatic rings. The summed E-state index contributed by atoms with van der Waals surface area (Å²) in [7, 11) is 1.54. The zero-order valence-corrected chi connectivity index (χ0v) is 13.3. The molecular weight excluding hydrogens is 325 g/mol. The number of methoxy groups -OCH3 is 1. The van der Waals surface area contributed by atoms with Crippen molar-refractivity contribution in [3.05, 3.63) is 53.6 Å². The molecule has 0 saturated heterocycles. The number of hydrogen-bond acceptors (Lipinski definition) is 2. The summed E-state index contributed by atoms with van der Waals surface area (Å²) in [5.74, 6) is 0.618. The molecule has 2 rings (SSSR count). The number of hydrogen-bond donors (Lipinski definition) is 2. The SMILES string of the molecule is COc1ccc(C)cc1NC(=S)Nc1ccc(C(F)(F)F)cc1. The van der Waals surface area contributed by atoms with E-state index in [-0.39, 0.29) is 5.11 Å². The van der Waals surface area contributed by atoms with Gasteiger partial charge in [0.1, 0.15) is 5.75 Å². The van der Waals surface area contributed by atoms with Crippen LogP contribution in [0.3, 0.4) is 0 Å². The van der Waals surface area contributed by atoms with E-state index in [0.717, 1.165) is 17.7 Å². The van der Waals surface area contributed by atoms with Crippen LogP contribution in [0, 0.1) is 6.92 Å². The normalized spacial score (nSPS) is 11.0. The minimum absolute atomic E-state index is 0.258. The molecule has 0 fully saturated rings. The summed E-state index contributed by atoms with van der Waals surface area (Å²) in [6, 6.07) is 10.2. The van der Waals surface area contributed by atoms with Crippen LogP contribution in [0.15, 0.2) is 42.5 Å². The Morgan fingerprint density at radius 3 is 2.26 bits per heavy atom. The molecule has 7 heteroatoms. The zero-order valence-electron chi connectivity index (χ0n) is 12.5. The molecule has 0 saturated carbocycles. The Labute approximate surface area is 137 Å². The smallest absolute Gasteiger partial charge is 0.416 e. The van der Waals surface area contributed by atoms with Crippen molar-refractivity contribution in [3.8, 4) is 5.75 Å². The molecule has 3 nitrogen and oxygen atoms in total. The first kappa shape index (κ1) is 17.1. The van der Waals surface area contributed by atoms with Crippen LogP contribution < -0.4 is 15.4 Å². The number of thiocarbonyl (C=S) groups is 1. The van der Waals surface area contributed by atoms with Gasteiger partial charge in [-0.25, -0.2) is 0 Å². The first-order valence-electron chi connectivity index (χ1n) is 6.69. The van der Waals surface area contributed by atoms with Crippen molar-refractivity contribution in [1.29, 1.82) is 0 Å². The van der Waals surface area contributed by atoms with Crippen LogP contribution in [0.2, 0.25) is 0 Å². The third kappa shape index (κ3) is 4.59. The standard InChI is InChI=1S/C16H15F3N2OS/c1-10-3-8-14(22-2)13(9-10)21-15(23)20-12-6-4-11(5-7-12)16(17,18)19/h3-9H,1-2H3,(H2,20,21,23). The molecule has 23 heavy (non-hydrogen) atoms. The molecule has 0 spiro atoms. The fourth-order valence-electron chi connectivity index (χ4n) is 1.95. The molecule has 122 valence electrons. The summed E-state index contributed by atoms with van der Waals surface area (Å²) < 4.78 is 42.8. The van der Waals surface area contributed by atoms with Gasteiger partial charge in [-0.15, -0.1) is 0 Å². The molecule has 0 bridgehead atoms. The number of benzene rings is 2. The number of aryl methyl sites for hydroxylation is 1. The average molecular weight is 340 g/mol. The average Bonchev–Trinajstić information content (AvgIpc) is 2.47. The van der Waals surface area contributed by atoms with Gasteiger partial charge in [-0.1, -0.05) is 6.07 Å². The number of anilines is 2. The molecule has 2 aromatic rings. The van der Waals surface area contributed by atoms with E-state index in [9.17, 15) is 13.2 Å². The van der Waals surface area contributed by atoms with E-state index in [1.54, 1.807) is 13.2 Å². The maximum atomic E-state index is 12.5. The lowest BCUT2D eigenvalue weighted by molar-refractivity contribution is -0.137. The highest BCUT2D eigenvalue weighted by Gasteiger charge is 2.29. The van der Waals surface area contributed by atoms with Crippen LogP contribution in [-0.2, 0) is 6.18 Å². The first-order chi connectivity index (χ1) is 10.8. The van der Waals surface area contributed by atoms with Crippen molar-refractivity contribution >= 4 is 28.7 Å². The Hall–Kier alpha value is -2.28. The number of nitrogens with one attached hydrogen (secondary N) is 2. The number of alkyl halides is 3. The fourth-order valence-corrected chi connectivity index (χ4v) is 2.17. The molecule has 2 N–H and O–H groups in total. The minimum atomic E-state index is -4.35. The van der Waals surface area contributed by atoms with Crippen LogP contribution in [-0.4, -0.2) is 12.2 Å². The maximum absolute atomic E-state index is 12.5. The van der Waals surface area contributed by atoms with E-state index in [1.807, 2.05) is 19.1 Å². The van der Waals surface area contributed by atoms with Crippen molar-refractivity contribution in [2.45, 2.75) is 13.1 Å². The number of ether oxygens (including phenoxy) is 1. The van der Waals surface area contributed by atoms with Crippen LogP contribution >= 0.6 is 12.2 Å². The van der Waals surface area contributed by atoms with Gasteiger partial charge in [-0.2, -0.15) is 13.2 Å². The van der Waals surface area contributed by atoms with Gasteiger partial charge in [0.2, 0.25) is 0 Å². The van der Waals surface area contributed by atoms with E-state index in [0.29, 0.717) is 17.1 Å². The second-order valence-corrected chi connectivity index (χ2v) is 5.27. The predicted octanol–water partition coefficient (Wildman–Crippen LogP) is 4.83. The van der Waals surface area contributed by atoms with E-state index in [4.69, 9.17) is 17.0 Å². The molecule has 0 amide bonds. The van der Waals surface area contributed by atoms with Gasteiger partial charge >= 0.3 is 6.18 Å². The van der Waals surface area contributed by atoms with E-state index < -0.39 is 11.7 Å². The highest BCUT2D eigenvalue weighted by Crippen LogP contribution is 2.30. The molecule has 0 aromatic heterocycles. The summed E-state index contributed by atoms with van der Waals surface area (Å²) in [6.07, 6.45) is -4.35. The molecule has 0 unspecified atom stereocenters. The Morgan fingerprint density at radius 2 is 1.70 bits per heavy atom. The van der Waals surface area contributed by atoms with E-state index >= 15 is 0 Å². The molecule has 0 aliphatic heterocycles. The van der Waals surface area contributed by atoms with Crippen molar-refractivity contribution in [2.24, 2.45) is 0 Å². The summed E-state index contributed by atoms with van der Waals surface area (Å²) in [5, 5.41) is 6.06. The van der Waals surface area contributed by atoms with Crippen LogP contribution in [0.4, 0.5) is 24.5 Å². The fraction of sp³-hybridized carbons (Fsp3) is 0.188. The summed E-state index contributed by atoms with van der Waals surface area (Å²) in [4.78, 5) is 0. The molecule has 2 aromatic carbocycles. The molecule has 0 aliphatic carbocycles. The minimum Gasteiger partial charge on any atom is -0.495 e. The second kappa shape index (κ2) is 6.87. The first-order valence-corrected chi connectivity index (χ1v) is 7.10. The lowest BCUT2D eigenvalue weighted by Crippen LogP contribution is -2.19. The van der Waals surface area contributed by atoms with E-state index in [1.165, 1.54) is 12.1 Å². The Balaban J connectivity index is 2.07. The molecule has 0 atom stereocenters. The Bertz CT molecular complexity index is 699. The van der Waals surface area contributed by atoms with Crippen molar-refractivity contribution in [2.75, 3.05) is 17.7 Å². The lowest BCUT2D eigenvalue weighted by atomic mass is 10.2. The zero-order chi connectivity index (χ0) is 17.0. The van der Waals surface area contributed by atoms with Crippen LogP contribution in [0.1, 0.15) is 11.1 Å². The molecule has 0 radical (unpaired) electrons. The third-order valence-electron chi connectivity index (χ3n) is 3.07. The number of rotatable bonds is 3. The van der Waals surface area contributed by atoms with Crippen LogP contribution in [0.25, 0.3) is 0 Å². The van der Waals surface area contributed by atoms with Gasteiger partial charge < -0.3 is 15.4 Å². The highest BCUT2D eigenvalue weighted by molar-refractivity contribution is 7.80. The van der Waals surface area contributed by atoms with Crippen LogP contribution in [0.5, 0.6) is 5.75 Å². The lowest BCUT2D eigenvalue weighted by Gasteiger charge is -2.14. The van der Waals surface area contributed by atoms with Gasteiger partial charge in [0.05, 0.1) is 18.4 Å². The molecular formula is C16H15F3N2OS. The van der Waals surface area contributed by atoms with Gasteiger partial charge in [0.25, 0.3) is 0 Å². The van der Waals surface area contributed by atoms with Gasteiger partial charge in [-0.05, 0) is 61.1 Å². The second-order valence-electron chi connectivity index (χ2n) is 4.86. The molecule has 0 heterocycles. The number of halogens is 3. The van der Waals surface area contributed by atoms with E-state index in [2.05, 4.69) is 10.6 Å². The topological polar surface area (TPSA) is 33.3 Å². The monoisotopic (exact) mass is 340 g/mol. The van der Waals surface area contributed by atoms with Gasteiger partial charge in [0.15, 0.2) is 5.11 Å². The van der Waals surface area contributed by atoms with Crippen molar-refractivity contribution in [1.82, 2.24) is 0 Å². The maximum Gasteiger partial charge on any atom is 0.416 e. The quantitative estimate of drug-likeness (QED) is 0.784. The third-order valence-corrected chi connectivity index (χ3v) is 3.28. The van der Waals surface area contributed by atoms with Crippen molar-refractivity contribution < 1.29 is 17.9 Å². The Morgan fingerprint density at radius 1 is 1.04 bits per heavy atom.